The van der Waals surface area contributed by atoms with Gasteiger partial charge in [0.25, 0.3) is 0 Å². The van der Waals surface area contributed by atoms with Crippen LogP contribution in [0.4, 0.5) is 11.4 Å². The summed E-state index contributed by atoms with van der Waals surface area (Å²) in [6.07, 6.45) is 4.29. The lowest BCUT2D eigenvalue weighted by atomic mass is 9.69. The second-order valence-electron chi connectivity index (χ2n) is 7.48. The largest absolute Gasteiger partial charge is 0.399 e. The number of carbonyl (C=O) groups is 1. The molecule has 0 saturated heterocycles. The zero-order chi connectivity index (χ0) is 15.6. The summed E-state index contributed by atoms with van der Waals surface area (Å²) in [5.74, 6) is 1.02. The van der Waals surface area contributed by atoms with E-state index < -0.39 is 0 Å². The molecule has 1 aliphatic carbocycles. The van der Waals surface area contributed by atoms with Gasteiger partial charge in [-0.25, -0.2) is 0 Å². The standard InChI is InChI=1S/C18H28N2O/c1-12-5-10-15(19)11-16(12)20-17(21)13-6-8-14(9-7-13)18(2,3)4/h5,10-11,13-14H,6-9,19H2,1-4H3,(H,20,21). The Balaban J connectivity index is 1.95. The normalized spacial score (nSPS) is 22.9. The minimum atomic E-state index is 0.143. The van der Waals surface area contributed by atoms with Gasteiger partial charge in [0.2, 0.25) is 5.91 Å². The maximum absolute atomic E-state index is 12.4. The number of benzene rings is 1. The second-order valence-corrected chi connectivity index (χ2v) is 7.48. The van der Waals surface area contributed by atoms with E-state index in [1.54, 1.807) is 0 Å². The Morgan fingerprint density at radius 3 is 2.38 bits per heavy atom. The SMILES string of the molecule is Cc1ccc(N)cc1NC(=O)C1CCC(C(C)(C)C)CC1. The van der Waals surface area contributed by atoms with Crippen LogP contribution in [0.3, 0.4) is 0 Å². The molecule has 0 radical (unpaired) electrons. The molecule has 1 aromatic rings. The number of aryl methyl sites for hydroxylation is 1. The van der Waals surface area contributed by atoms with Crippen LogP contribution in [0, 0.1) is 24.2 Å². The molecule has 2 rings (SSSR count). The average Bonchev–Trinajstić information content (AvgIpc) is 2.42. The van der Waals surface area contributed by atoms with Crippen molar-refractivity contribution in [1.29, 1.82) is 0 Å². The Morgan fingerprint density at radius 2 is 1.81 bits per heavy atom. The summed E-state index contributed by atoms with van der Waals surface area (Å²) in [5.41, 5.74) is 8.74. The number of nitrogen functional groups attached to an aromatic ring is 1. The third-order valence-corrected chi connectivity index (χ3v) is 4.84. The Hall–Kier alpha value is -1.51. The summed E-state index contributed by atoms with van der Waals surface area (Å²) in [5, 5.41) is 3.06. The van der Waals surface area contributed by atoms with Crippen molar-refractivity contribution in [2.24, 2.45) is 17.3 Å². The maximum atomic E-state index is 12.4. The van der Waals surface area contributed by atoms with E-state index in [0.717, 1.165) is 42.9 Å². The summed E-state index contributed by atoms with van der Waals surface area (Å²) >= 11 is 0. The number of hydrogen-bond acceptors (Lipinski definition) is 2. The first-order chi connectivity index (χ1) is 9.77. The van der Waals surface area contributed by atoms with Crippen molar-refractivity contribution < 1.29 is 4.79 Å². The molecule has 0 spiro atoms. The minimum Gasteiger partial charge on any atom is -0.399 e. The van der Waals surface area contributed by atoms with Crippen LogP contribution in [0.1, 0.15) is 52.0 Å². The smallest absolute Gasteiger partial charge is 0.227 e. The topological polar surface area (TPSA) is 55.1 Å². The zero-order valence-electron chi connectivity index (χ0n) is 13.7. The molecular formula is C18H28N2O. The lowest BCUT2D eigenvalue weighted by Gasteiger charge is -2.36. The van der Waals surface area contributed by atoms with Crippen LogP contribution in [0.5, 0.6) is 0 Å². The van der Waals surface area contributed by atoms with Crippen LogP contribution in [-0.2, 0) is 4.79 Å². The van der Waals surface area contributed by atoms with Crippen LogP contribution < -0.4 is 11.1 Å². The summed E-state index contributed by atoms with van der Waals surface area (Å²) in [6.45, 7) is 8.89. The number of anilines is 2. The maximum Gasteiger partial charge on any atom is 0.227 e. The first-order valence-electron chi connectivity index (χ1n) is 7.94. The number of rotatable bonds is 2. The predicted molar refractivity (Wildman–Crippen MR) is 89.1 cm³/mol. The Kier molecular flexibility index (Phi) is 4.60. The van der Waals surface area contributed by atoms with Gasteiger partial charge in [0.05, 0.1) is 0 Å². The van der Waals surface area contributed by atoms with Crippen molar-refractivity contribution in [2.45, 2.75) is 53.4 Å². The Bertz CT molecular complexity index is 508. The van der Waals surface area contributed by atoms with Gasteiger partial charge in [-0.15, -0.1) is 0 Å². The fourth-order valence-corrected chi connectivity index (χ4v) is 3.23. The molecule has 0 heterocycles. The van der Waals surface area contributed by atoms with Crippen molar-refractivity contribution in [2.75, 3.05) is 11.1 Å². The zero-order valence-corrected chi connectivity index (χ0v) is 13.7. The van der Waals surface area contributed by atoms with E-state index in [2.05, 4.69) is 26.1 Å². The molecule has 0 bridgehead atoms. The van der Waals surface area contributed by atoms with E-state index in [1.807, 2.05) is 25.1 Å². The fourth-order valence-electron chi connectivity index (χ4n) is 3.23. The van der Waals surface area contributed by atoms with E-state index in [4.69, 9.17) is 5.73 Å². The van der Waals surface area contributed by atoms with Gasteiger partial charge in [0.15, 0.2) is 0 Å². The van der Waals surface area contributed by atoms with Gasteiger partial charge in [0.1, 0.15) is 0 Å². The molecule has 1 aliphatic rings. The summed E-state index contributed by atoms with van der Waals surface area (Å²) in [7, 11) is 0. The summed E-state index contributed by atoms with van der Waals surface area (Å²) in [6, 6.07) is 5.65. The molecule has 21 heavy (non-hydrogen) atoms. The van der Waals surface area contributed by atoms with Gasteiger partial charge in [-0.05, 0) is 61.6 Å². The van der Waals surface area contributed by atoms with E-state index in [0.29, 0.717) is 11.1 Å². The third kappa shape index (κ3) is 3.99. The molecular weight excluding hydrogens is 260 g/mol. The lowest BCUT2D eigenvalue weighted by Crippen LogP contribution is -2.31. The second kappa shape index (κ2) is 6.08. The third-order valence-electron chi connectivity index (χ3n) is 4.84. The monoisotopic (exact) mass is 288 g/mol. The van der Waals surface area contributed by atoms with Gasteiger partial charge in [-0.3, -0.25) is 4.79 Å². The molecule has 3 N–H and O–H groups in total. The van der Waals surface area contributed by atoms with E-state index in [1.165, 1.54) is 0 Å². The van der Waals surface area contributed by atoms with Crippen molar-refractivity contribution >= 4 is 17.3 Å². The molecule has 0 unspecified atom stereocenters. The number of amides is 1. The number of nitrogens with one attached hydrogen (secondary N) is 1. The van der Waals surface area contributed by atoms with Crippen LogP contribution in [-0.4, -0.2) is 5.91 Å². The summed E-state index contributed by atoms with van der Waals surface area (Å²) in [4.78, 5) is 12.4. The molecule has 1 saturated carbocycles. The van der Waals surface area contributed by atoms with Gasteiger partial charge >= 0.3 is 0 Å². The van der Waals surface area contributed by atoms with Crippen LogP contribution in [0.25, 0.3) is 0 Å². The van der Waals surface area contributed by atoms with E-state index in [9.17, 15) is 4.79 Å². The fraction of sp³-hybridized carbons (Fsp3) is 0.611. The molecule has 3 heteroatoms. The number of hydrogen-bond donors (Lipinski definition) is 2. The van der Waals surface area contributed by atoms with Gasteiger partial charge in [-0.1, -0.05) is 26.8 Å². The highest BCUT2D eigenvalue weighted by Gasteiger charge is 2.32. The molecule has 0 aromatic heterocycles. The highest BCUT2D eigenvalue weighted by molar-refractivity contribution is 5.93. The highest BCUT2D eigenvalue weighted by Crippen LogP contribution is 2.40. The van der Waals surface area contributed by atoms with E-state index >= 15 is 0 Å². The quantitative estimate of drug-likeness (QED) is 0.794. The molecule has 3 nitrogen and oxygen atoms in total. The van der Waals surface area contributed by atoms with E-state index in [-0.39, 0.29) is 11.8 Å². The lowest BCUT2D eigenvalue weighted by molar-refractivity contribution is -0.121. The molecule has 1 fully saturated rings. The number of nitrogens with two attached hydrogens (primary N) is 1. The van der Waals surface area contributed by atoms with Crippen LogP contribution in [0.15, 0.2) is 18.2 Å². The first kappa shape index (κ1) is 15.9. The molecule has 1 amide bonds. The van der Waals surface area contributed by atoms with Crippen LogP contribution >= 0.6 is 0 Å². The van der Waals surface area contributed by atoms with Crippen molar-refractivity contribution in [3.63, 3.8) is 0 Å². The van der Waals surface area contributed by atoms with Crippen molar-refractivity contribution in [3.8, 4) is 0 Å². The van der Waals surface area contributed by atoms with Gasteiger partial charge in [0, 0.05) is 17.3 Å². The summed E-state index contributed by atoms with van der Waals surface area (Å²) < 4.78 is 0. The van der Waals surface area contributed by atoms with Gasteiger partial charge in [-0.2, -0.15) is 0 Å². The molecule has 1 aromatic carbocycles. The van der Waals surface area contributed by atoms with Crippen molar-refractivity contribution in [3.05, 3.63) is 23.8 Å². The van der Waals surface area contributed by atoms with Gasteiger partial charge < -0.3 is 11.1 Å². The molecule has 0 atom stereocenters. The average molecular weight is 288 g/mol. The van der Waals surface area contributed by atoms with Crippen LogP contribution in [0.2, 0.25) is 0 Å². The molecule has 116 valence electrons. The van der Waals surface area contributed by atoms with Crippen molar-refractivity contribution in [1.82, 2.24) is 0 Å². The highest BCUT2D eigenvalue weighted by atomic mass is 16.1. The first-order valence-corrected chi connectivity index (χ1v) is 7.94. The predicted octanol–water partition coefficient (Wildman–Crippen LogP) is 4.37. The number of carbonyl (C=O) groups excluding carboxylic acids is 1. The Morgan fingerprint density at radius 1 is 1.19 bits per heavy atom. The molecule has 0 aliphatic heterocycles. The Labute approximate surface area is 128 Å². The minimum absolute atomic E-state index is 0.143.